The SMILES string of the molecule is COc1ccc(C(=O)Nc2cccc(-c3noc(=O)[nH]3)c2)cc1S(=O)(=O)N1CCOCC1. The lowest BCUT2D eigenvalue weighted by Gasteiger charge is -2.26. The first kappa shape index (κ1) is 21.7. The summed E-state index contributed by atoms with van der Waals surface area (Å²) in [5, 5.41) is 6.33. The van der Waals surface area contributed by atoms with Gasteiger partial charge >= 0.3 is 5.76 Å². The van der Waals surface area contributed by atoms with E-state index in [0.29, 0.717) is 24.5 Å². The Hall–Kier alpha value is -3.48. The van der Waals surface area contributed by atoms with Gasteiger partial charge < -0.3 is 14.8 Å². The highest BCUT2D eigenvalue weighted by molar-refractivity contribution is 7.89. The van der Waals surface area contributed by atoms with Crippen LogP contribution >= 0.6 is 0 Å². The van der Waals surface area contributed by atoms with Crippen molar-refractivity contribution in [2.45, 2.75) is 4.90 Å². The van der Waals surface area contributed by atoms with Gasteiger partial charge in [0.2, 0.25) is 10.0 Å². The lowest BCUT2D eigenvalue weighted by Crippen LogP contribution is -2.40. The average Bonchev–Trinajstić information content (AvgIpc) is 3.25. The van der Waals surface area contributed by atoms with Crippen LogP contribution in [0.1, 0.15) is 10.4 Å². The van der Waals surface area contributed by atoms with Crippen LogP contribution in [0.3, 0.4) is 0 Å². The van der Waals surface area contributed by atoms with E-state index in [1.54, 1.807) is 24.3 Å². The Bertz CT molecular complexity index is 1290. The number of aromatic amines is 1. The number of carbonyl (C=O) groups excluding carboxylic acids is 1. The van der Waals surface area contributed by atoms with Crippen LogP contribution in [0.5, 0.6) is 5.75 Å². The zero-order chi connectivity index (χ0) is 22.7. The number of hydrogen-bond donors (Lipinski definition) is 2. The molecule has 3 aromatic rings. The van der Waals surface area contributed by atoms with Gasteiger partial charge in [-0.3, -0.25) is 14.3 Å². The minimum absolute atomic E-state index is 0.0940. The molecule has 1 aliphatic rings. The molecule has 1 aliphatic heterocycles. The number of H-pyrrole nitrogens is 1. The van der Waals surface area contributed by atoms with E-state index >= 15 is 0 Å². The number of carbonyl (C=O) groups is 1. The number of nitrogens with one attached hydrogen (secondary N) is 2. The van der Waals surface area contributed by atoms with Gasteiger partial charge in [0.25, 0.3) is 5.91 Å². The zero-order valence-electron chi connectivity index (χ0n) is 17.0. The summed E-state index contributed by atoms with van der Waals surface area (Å²) in [6, 6.07) is 10.8. The highest BCUT2D eigenvalue weighted by Gasteiger charge is 2.30. The van der Waals surface area contributed by atoms with Crippen LogP contribution in [0.25, 0.3) is 11.4 Å². The van der Waals surface area contributed by atoms with Crippen molar-refractivity contribution >= 4 is 21.6 Å². The molecule has 0 atom stereocenters. The first-order chi connectivity index (χ1) is 15.4. The van der Waals surface area contributed by atoms with Crippen LogP contribution in [0.4, 0.5) is 5.69 Å². The van der Waals surface area contributed by atoms with Crippen molar-refractivity contribution in [1.29, 1.82) is 0 Å². The van der Waals surface area contributed by atoms with Crippen molar-refractivity contribution in [2.24, 2.45) is 0 Å². The number of aromatic nitrogens is 2. The van der Waals surface area contributed by atoms with Crippen LogP contribution in [-0.4, -0.2) is 62.2 Å². The minimum Gasteiger partial charge on any atom is -0.495 e. The molecule has 1 fully saturated rings. The van der Waals surface area contributed by atoms with Crippen molar-refractivity contribution in [3.63, 3.8) is 0 Å². The number of morpholine rings is 1. The van der Waals surface area contributed by atoms with Gasteiger partial charge in [0.1, 0.15) is 10.6 Å². The summed E-state index contributed by atoms with van der Waals surface area (Å²) >= 11 is 0. The molecule has 12 heteroatoms. The number of amides is 1. The number of benzene rings is 2. The molecule has 4 rings (SSSR count). The monoisotopic (exact) mass is 460 g/mol. The summed E-state index contributed by atoms with van der Waals surface area (Å²) in [5.74, 6) is -0.849. The van der Waals surface area contributed by atoms with E-state index < -0.39 is 21.7 Å². The van der Waals surface area contributed by atoms with E-state index in [9.17, 15) is 18.0 Å². The quantitative estimate of drug-likeness (QED) is 0.560. The molecule has 1 amide bonds. The van der Waals surface area contributed by atoms with Crippen molar-refractivity contribution < 1.29 is 27.2 Å². The van der Waals surface area contributed by atoms with Gasteiger partial charge in [-0.25, -0.2) is 13.2 Å². The van der Waals surface area contributed by atoms with Crippen molar-refractivity contribution in [3.8, 4) is 17.1 Å². The van der Waals surface area contributed by atoms with Gasteiger partial charge in [0, 0.05) is 29.9 Å². The summed E-state index contributed by atoms with van der Waals surface area (Å²) in [6.07, 6.45) is 0. The lowest BCUT2D eigenvalue weighted by atomic mass is 10.1. The van der Waals surface area contributed by atoms with E-state index in [2.05, 4.69) is 20.0 Å². The molecule has 0 bridgehead atoms. The summed E-state index contributed by atoms with van der Waals surface area (Å²) < 4.78 is 42.5. The number of hydrogen-bond acceptors (Lipinski definition) is 8. The van der Waals surface area contributed by atoms with Crippen LogP contribution in [0, 0.1) is 0 Å². The second kappa shape index (κ2) is 8.94. The van der Waals surface area contributed by atoms with Gasteiger partial charge in [0.15, 0.2) is 5.82 Å². The van der Waals surface area contributed by atoms with Crippen molar-refractivity contribution in [1.82, 2.24) is 14.4 Å². The van der Waals surface area contributed by atoms with Gasteiger partial charge in [-0.1, -0.05) is 17.3 Å². The highest BCUT2D eigenvalue weighted by atomic mass is 32.2. The van der Waals surface area contributed by atoms with Gasteiger partial charge in [-0.15, -0.1) is 0 Å². The Morgan fingerprint density at radius 3 is 2.66 bits per heavy atom. The summed E-state index contributed by atoms with van der Waals surface area (Å²) in [5.41, 5.74) is 1.08. The normalized spacial score (nSPS) is 14.8. The minimum atomic E-state index is -3.88. The Morgan fingerprint density at radius 2 is 1.97 bits per heavy atom. The second-order valence-corrected chi connectivity index (χ2v) is 8.77. The maximum atomic E-state index is 13.1. The third-order valence-electron chi connectivity index (χ3n) is 4.85. The molecule has 0 radical (unpaired) electrons. The van der Waals surface area contributed by atoms with Crippen LogP contribution in [0.2, 0.25) is 0 Å². The third kappa shape index (κ3) is 4.42. The molecule has 2 aromatic carbocycles. The smallest absolute Gasteiger partial charge is 0.439 e. The Kier molecular flexibility index (Phi) is 6.08. The fourth-order valence-corrected chi connectivity index (χ4v) is 4.84. The molecular weight excluding hydrogens is 440 g/mol. The zero-order valence-corrected chi connectivity index (χ0v) is 17.8. The Morgan fingerprint density at radius 1 is 1.19 bits per heavy atom. The van der Waals surface area contributed by atoms with Gasteiger partial charge in [0.05, 0.1) is 20.3 Å². The Labute approximate surface area is 183 Å². The predicted molar refractivity (Wildman–Crippen MR) is 113 cm³/mol. The molecule has 1 saturated heterocycles. The molecule has 168 valence electrons. The first-order valence-electron chi connectivity index (χ1n) is 9.62. The largest absolute Gasteiger partial charge is 0.495 e. The molecule has 32 heavy (non-hydrogen) atoms. The van der Waals surface area contributed by atoms with E-state index in [0.717, 1.165) is 0 Å². The fraction of sp³-hybridized carbons (Fsp3) is 0.250. The van der Waals surface area contributed by atoms with E-state index in [1.165, 1.54) is 29.6 Å². The summed E-state index contributed by atoms with van der Waals surface area (Å²) in [4.78, 5) is 26.4. The van der Waals surface area contributed by atoms with Crippen LogP contribution in [-0.2, 0) is 14.8 Å². The van der Waals surface area contributed by atoms with Crippen molar-refractivity contribution in [2.75, 3.05) is 38.7 Å². The lowest BCUT2D eigenvalue weighted by molar-refractivity contribution is 0.0729. The van der Waals surface area contributed by atoms with Crippen LogP contribution < -0.4 is 15.8 Å². The Balaban J connectivity index is 1.61. The number of rotatable bonds is 6. The number of methoxy groups -OCH3 is 1. The molecule has 2 heterocycles. The number of sulfonamides is 1. The summed E-state index contributed by atoms with van der Waals surface area (Å²) in [6.45, 7) is 1.04. The van der Waals surface area contributed by atoms with Crippen LogP contribution in [0.15, 0.2) is 56.7 Å². The topological polar surface area (TPSA) is 144 Å². The molecule has 2 N–H and O–H groups in total. The summed E-state index contributed by atoms with van der Waals surface area (Å²) in [7, 11) is -2.51. The predicted octanol–water partition coefficient (Wildman–Crippen LogP) is 1.31. The maximum Gasteiger partial charge on any atom is 0.439 e. The maximum absolute atomic E-state index is 13.1. The number of anilines is 1. The van der Waals surface area contributed by atoms with Crippen molar-refractivity contribution in [3.05, 3.63) is 58.6 Å². The molecule has 0 saturated carbocycles. The number of nitrogens with zero attached hydrogens (tertiary/aromatic N) is 2. The molecule has 0 spiro atoms. The van der Waals surface area contributed by atoms with E-state index in [-0.39, 0.29) is 35.1 Å². The molecule has 1 aromatic heterocycles. The first-order valence-corrected chi connectivity index (χ1v) is 11.1. The van der Waals surface area contributed by atoms with E-state index in [4.69, 9.17) is 9.47 Å². The van der Waals surface area contributed by atoms with E-state index in [1.807, 2.05) is 0 Å². The molecular formula is C20H20N4O7S. The standard InChI is InChI=1S/C20H20N4O7S/c1-29-16-6-5-14(12-17(16)32(27,28)24-7-9-30-10-8-24)19(25)21-15-4-2-3-13(11-15)18-22-20(26)31-23-18/h2-6,11-12H,7-10H2,1H3,(H,21,25)(H,22,23,26). The second-order valence-electron chi connectivity index (χ2n) is 6.86. The average molecular weight is 460 g/mol. The van der Waals surface area contributed by atoms with Gasteiger partial charge in [-0.05, 0) is 30.3 Å². The highest BCUT2D eigenvalue weighted by Crippen LogP contribution is 2.29. The molecule has 11 nitrogen and oxygen atoms in total. The fourth-order valence-electron chi connectivity index (χ4n) is 3.25. The number of ether oxygens (including phenoxy) is 2. The molecule has 0 aliphatic carbocycles. The third-order valence-corrected chi connectivity index (χ3v) is 6.77. The van der Waals surface area contributed by atoms with Gasteiger partial charge in [-0.2, -0.15) is 4.31 Å². The molecule has 0 unspecified atom stereocenters.